The van der Waals surface area contributed by atoms with Gasteiger partial charge in [-0.2, -0.15) is 0 Å². The van der Waals surface area contributed by atoms with Gasteiger partial charge < -0.3 is 10.7 Å². The van der Waals surface area contributed by atoms with Crippen molar-refractivity contribution in [2.45, 2.75) is 13.5 Å². The average Bonchev–Trinajstić information content (AvgIpc) is 2.37. The van der Waals surface area contributed by atoms with E-state index >= 15 is 0 Å². The molecule has 1 aromatic heterocycles. The zero-order valence-corrected chi connectivity index (χ0v) is 10.2. The number of nitrogens with one attached hydrogen (secondary N) is 2. The van der Waals surface area contributed by atoms with E-state index in [2.05, 4.69) is 20.7 Å². The highest BCUT2D eigenvalue weighted by Crippen LogP contribution is 2.14. The number of nitrogens with zero attached hydrogens (tertiary/aromatic N) is 2. The van der Waals surface area contributed by atoms with E-state index in [4.69, 9.17) is 5.84 Å². The molecule has 5 nitrogen and oxygen atoms in total. The van der Waals surface area contributed by atoms with Crippen molar-refractivity contribution in [3.8, 4) is 0 Å². The number of aromatic nitrogens is 2. The van der Waals surface area contributed by atoms with Crippen LogP contribution in [-0.2, 0) is 6.54 Å². The van der Waals surface area contributed by atoms with Crippen molar-refractivity contribution in [2.75, 3.05) is 10.7 Å². The van der Waals surface area contributed by atoms with Crippen LogP contribution in [0.3, 0.4) is 0 Å². The predicted molar refractivity (Wildman–Crippen MR) is 68.3 cm³/mol. The molecule has 0 aliphatic carbocycles. The lowest BCUT2D eigenvalue weighted by Gasteiger charge is -2.09. The van der Waals surface area contributed by atoms with E-state index in [0.29, 0.717) is 23.0 Å². The van der Waals surface area contributed by atoms with Crippen LogP contribution in [0.1, 0.15) is 11.4 Å². The molecule has 0 aliphatic heterocycles. The number of hydrogen-bond acceptors (Lipinski definition) is 5. The lowest BCUT2D eigenvalue weighted by molar-refractivity contribution is 0.574. The number of anilines is 2. The smallest absolute Gasteiger partial charge is 0.145 e. The minimum absolute atomic E-state index is 0.187. The quantitative estimate of drug-likeness (QED) is 0.582. The highest BCUT2D eigenvalue weighted by atomic mass is 19.1. The average molecular weight is 265 g/mol. The fourth-order valence-corrected chi connectivity index (χ4v) is 1.58. The molecule has 1 aromatic carbocycles. The Bertz CT molecular complexity index is 588. The van der Waals surface area contributed by atoms with Crippen LogP contribution in [0.25, 0.3) is 0 Å². The first-order chi connectivity index (χ1) is 9.08. The summed E-state index contributed by atoms with van der Waals surface area (Å²) >= 11 is 0. The van der Waals surface area contributed by atoms with E-state index in [0.717, 1.165) is 6.07 Å². The third kappa shape index (κ3) is 3.35. The lowest BCUT2D eigenvalue weighted by atomic mass is 10.2. The van der Waals surface area contributed by atoms with Gasteiger partial charge in [-0.15, -0.1) is 0 Å². The van der Waals surface area contributed by atoms with Crippen molar-refractivity contribution in [2.24, 2.45) is 5.84 Å². The molecule has 0 atom stereocenters. The van der Waals surface area contributed by atoms with Gasteiger partial charge in [-0.05, 0) is 13.0 Å². The third-order valence-corrected chi connectivity index (χ3v) is 2.46. The second kappa shape index (κ2) is 5.57. The standard InChI is InChI=1S/C12H13F2N5/c1-7-17-11(5-12(18-7)19-15)16-6-8-2-3-9(13)4-10(8)14/h2-5H,6,15H2,1H3,(H2,16,17,18,19). The summed E-state index contributed by atoms with van der Waals surface area (Å²) < 4.78 is 26.2. The Morgan fingerprint density at radius 1 is 1.16 bits per heavy atom. The molecule has 0 spiro atoms. The molecule has 2 aromatic rings. The Morgan fingerprint density at radius 3 is 2.58 bits per heavy atom. The summed E-state index contributed by atoms with van der Waals surface area (Å²) in [6.07, 6.45) is 0. The first-order valence-corrected chi connectivity index (χ1v) is 5.58. The van der Waals surface area contributed by atoms with Gasteiger partial charge in [0.05, 0.1) is 0 Å². The molecule has 0 saturated carbocycles. The summed E-state index contributed by atoms with van der Waals surface area (Å²) in [5.74, 6) is 5.54. The van der Waals surface area contributed by atoms with Gasteiger partial charge in [-0.1, -0.05) is 6.07 Å². The summed E-state index contributed by atoms with van der Waals surface area (Å²) in [4.78, 5) is 8.16. The Balaban J connectivity index is 2.12. The SMILES string of the molecule is Cc1nc(NN)cc(NCc2ccc(F)cc2F)n1. The van der Waals surface area contributed by atoms with Crippen LogP contribution >= 0.6 is 0 Å². The molecule has 0 saturated heterocycles. The maximum Gasteiger partial charge on any atom is 0.145 e. The van der Waals surface area contributed by atoms with Gasteiger partial charge in [0.1, 0.15) is 29.1 Å². The van der Waals surface area contributed by atoms with Crippen LogP contribution in [0.2, 0.25) is 0 Å². The van der Waals surface area contributed by atoms with E-state index in [1.54, 1.807) is 13.0 Å². The summed E-state index contributed by atoms with van der Waals surface area (Å²) in [7, 11) is 0. The number of halogens is 2. The van der Waals surface area contributed by atoms with Crippen molar-refractivity contribution < 1.29 is 8.78 Å². The molecule has 4 N–H and O–H groups in total. The minimum Gasteiger partial charge on any atom is -0.366 e. The molecule has 1 heterocycles. The fourth-order valence-electron chi connectivity index (χ4n) is 1.58. The second-order valence-electron chi connectivity index (χ2n) is 3.92. The summed E-state index contributed by atoms with van der Waals surface area (Å²) in [5, 5.41) is 2.93. The molecule has 0 amide bonds. The zero-order chi connectivity index (χ0) is 13.8. The Kier molecular flexibility index (Phi) is 3.86. The number of nitrogen functional groups attached to an aromatic ring is 1. The largest absolute Gasteiger partial charge is 0.366 e. The molecule has 2 rings (SSSR count). The molecule has 7 heteroatoms. The van der Waals surface area contributed by atoms with Crippen LogP contribution in [0, 0.1) is 18.6 Å². The van der Waals surface area contributed by atoms with Crippen LogP contribution in [-0.4, -0.2) is 9.97 Å². The highest BCUT2D eigenvalue weighted by Gasteiger charge is 2.05. The lowest BCUT2D eigenvalue weighted by Crippen LogP contribution is -2.11. The monoisotopic (exact) mass is 265 g/mol. The molecule has 0 bridgehead atoms. The molecule has 0 unspecified atom stereocenters. The van der Waals surface area contributed by atoms with Gasteiger partial charge in [-0.25, -0.2) is 24.6 Å². The van der Waals surface area contributed by atoms with E-state index in [-0.39, 0.29) is 6.54 Å². The number of benzene rings is 1. The van der Waals surface area contributed by atoms with Gasteiger partial charge in [0.2, 0.25) is 0 Å². The van der Waals surface area contributed by atoms with Crippen molar-refractivity contribution in [3.05, 3.63) is 47.3 Å². The predicted octanol–water partition coefficient (Wildman–Crippen LogP) is 1.96. The number of hydrazine groups is 1. The number of rotatable bonds is 4. The number of hydrogen-bond donors (Lipinski definition) is 3. The number of nitrogens with two attached hydrogens (primary N) is 1. The third-order valence-electron chi connectivity index (χ3n) is 2.46. The summed E-state index contributed by atoms with van der Waals surface area (Å²) in [6, 6.07) is 5.02. The van der Waals surface area contributed by atoms with Gasteiger partial charge in [0, 0.05) is 24.2 Å². The molecular weight excluding hydrogens is 252 g/mol. The van der Waals surface area contributed by atoms with Gasteiger partial charge in [0.25, 0.3) is 0 Å². The van der Waals surface area contributed by atoms with Crippen LogP contribution in [0.15, 0.2) is 24.3 Å². The Morgan fingerprint density at radius 2 is 1.89 bits per heavy atom. The van der Waals surface area contributed by atoms with Crippen LogP contribution in [0.5, 0.6) is 0 Å². The molecule has 0 aliphatic rings. The normalized spacial score (nSPS) is 10.3. The second-order valence-corrected chi connectivity index (χ2v) is 3.92. The Labute approximate surface area is 108 Å². The van der Waals surface area contributed by atoms with Crippen molar-refractivity contribution in [1.82, 2.24) is 9.97 Å². The molecule has 19 heavy (non-hydrogen) atoms. The summed E-state index contributed by atoms with van der Waals surface area (Å²) in [6.45, 7) is 1.90. The molecule has 0 radical (unpaired) electrons. The van der Waals surface area contributed by atoms with Crippen LogP contribution in [0.4, 0.5) is 20.4 Å². The maximum absolute atomic E-state index is 13.4. The van der Waals surface area contributed by atoms with E-state index in [1.807, 2.05) is 0 Å². The van der Waals surface area contributed by atoms with E-state index < -0.39 is 11.6 Å². The first-order valence-electron chi connectivity index (χ1n) is 5.58. The Hall–Kier alpha value is -2.28. The minimum atomic E-state index is -0.603. The highest BCUT2D eigenvalue weighted by molar-refractivity contribution is 5.47. The maximum atomic E-state index is 13.4. The van der Waals surface area contributed by atoms with Crippen molar-refractivity contribution in [1.29, 1.82) is 0 Å². The molecule has 100 valence electrons. The van der Waals surface area contributed by atoms with Crippen LogP contribution < -0.4 is 16.6 Å². The zero-order valence-electron chi connectivity index (χ0n) is 10.2. The van der Waals surface area contributed by atoms with Gasteiger partial charge >= 0.3 is 0 Å². The van der Waals surface area contributed by atoms with Crippen molar-refractivity contribution >= 4 is 11.6 Å². The van der Waals surface area contributed by atoms with E-state index in [1.165, 1.54) is 12.1 Å². The topological polar surface area (TPSA) is 75.9 Å². The van der Waals surface area contributed by atoms with Gasteiger partial charge in [0.15, 0.2) is 0 Å². The molecular formula is C12H13F2N5. The first kappa shape index (κ1) is 13.2. The fraction of sp³-hybridized carbons (Fsp3) is 0.167. The summed E-state index contributed by atoms with van der Waals surface area (Å²) in [5.41, 5.74) is 2.76. The van der Waals surface area contributed by atoms with Crippen molar-refractivity contribution in [3.63, 3.8) is 0 Å². The van der Waals surface area contributed by atoms with Gasteiger partial charge in [-0.3, -0.25) is 0 Å². The molecule has 0 fully saturated rings. The number of aryl methyl sites for hydroxylation is 1. The van der Waals surface area contributed by atoms with E-state index in [9.17, 15) is 8.78 Å².